The van der Waals surface area contributed by atoms with Gasteiger partial charge in [0.15, 0.2) is 6.61 Å². The molecule has 0 aliphatic rings. The monoisotopic (exact) mass is 363 g/mol. The summed E-state index contributed by atoms with van der Waals surface area (Å²) in [6.07, 6.45) is 0.722. The van der Waals surface area contributed by atoms with Crippen LogP contribution in [-0.2, 0) is 26.0 Å². The standard InChI is InChI=1S/C18H21NO5S/c1-3-14-7-5-6-8-17(14)19-25(21,22)16-11-9-15(10-12-16)24-13-18(20)23-4-2/h5-12,19H,3-4,13H2,1-2H3. The molecule has 0 saturated heterocycles. The van der Waals surface area contributed by atoms with Gasteiger partial charge in [0, 0.05) is 0 Å². The molecule has 0 spiro atoms. The first-order valence-electron chi connectivity index (χ1n) is 7.95. The highest BCUT2D eigenvalue weighted by Gasteiger charge is 2.15. The Morgan fingerprint density at radius 1 is 1.04 bits per heavy atom. The molecule has 0 aliphatic heterocycles. The fraction of sp³-hybridized carbons (Fsp3) is 0.278. The van der Waals surface area contributed by atoms with E-state index >= 15 is 0 Å². The molecule has 0 saturated carbocycles. The average Bonchev–Trinajstić information content (AvgIpc) is 2.61. The van der Waals surface area contributed by atoms with Gasteiger partial charge >= 0.3 is 5.97 Å². The molecular formula is C18H21NO5S. The highest BCUT2D eigenvalue weighted by molar-refractivity contribution is 7.92. The molecule has 0 bridgehead atoms. The van der Waals surface area contributed by atoms with Crippen molar-refractivity contribution in [3.8, 4) is 5.75 Å². The van der Waals surface area contributed by atoms with E-state index in [4.69, 9.17) is 9.47 Å². The Morgan fingerprint density at radius 3 is 2.36 bits per heavy atom. The van der Waals surface area contributed by atoms with Crippen molar-refractivity contribution >= 4 is 21.7 Å². The summed E-state index contributed by atoms with van der Waals surface area (Å²) >= 11 is 0. The summed E-state index contributed by atoms with van der Waals surface area (Å²) in [4.78, 5) is 11.4. The summed E-state index contributed by atoms with van der Waals surface area (Å²) in [5, 5.41) is 0. The molecule has 134 valence electrons. The van der Waals surface area contributed by atoms with Crippen molar-refractivity contribution in [3.63, 3.8) is 0 Å². The summed E-state index contributed by atoms with van der Waals surface area (Å²) in [6, 6.07) is 13.1. The van der Waals surface area contributed by atoms with Gasteiger partial charge in [0.1, 0.15) is 5.75 Å². The van der Waals surface area contributed by atoms with Crippen molar-refractivity contribution in [2.45, 2.75) is 25.2 Å². The third kappa shape index (κ3) is 5.22. The van der Waals surface area contributed by atoms with Crippen molar-refractivity contribution in [1.82, 2.24) is 0 Å². The third-order valence-corrected chi connectivity index (χ3v) is 4.82. The van der Waals surface area contributed by atoms with Crippen molar-refractivity contribution in [2.75, 3.05) is 17.9 Å². The number of aryl methyl sites for hydroxylation is 1. The van der Waals surface area contributed by atoms with Crippen LogP contribution in [0.3, 0.4) is 0 Å². The minimum atomic E-state index is -3.70. The molecule has 0 aromatic heterocycles. The fourth-order valence-corrected chi connectivity index (χ4v) is 3.29. The van der Waals surface area contributed by atoms with Gasteiger partial charge in [-0.1, -0.05) is 25.1 Å². The third-order valence-electron chi connectivity index (χ3n) is 3.44. The van der Waals surface area contributed by atoms with Gasteiger partial charge in [0.05, 0.1) is 17.2 Å². The van der Waals surface area contributed by atoms with Gasteiger partial charge in [-0.05, 0) is 49.2 Å². The van der Waals surface area contributed by atoms with E-state index in [2.05, 4.69) is 4.72 Å². The second-order valence-electron chi connectivity index (χ2n) is 5.18. The molecule has 7 heteroatoms. The van der Waals surface area contributed by atoms with E-state index in [1.54, 1.807) is 19.1 Å². The number of anilines is 1. The van der Waals surface area contributed by atoms with Crippen LogP contribution in [0.15, 0.2) is 53.4 Å². The highest BCUT2D eigenvalue weighted by atomic mass is 32.2. The van der Waals surface area contributed by atoms with Gasteiger partial charge in [0.2, 0.25) is 0 Å². The molecule has 25 heavy (non-hydrogen) atoms. The maximum absolute atomic E-state index is 12.5. The maximum atomic E-state index is 12.5. The second kappa shape index (κ2) is 8.53. The van der Waals surface area contributed by atoms with Crippen LogP contribution in [-0.4, -0.2) is 27.6 Å². The number of hydrogen-bond acceptors (Lipinski definition) is 5. The topological polar surface area (TPSA) is 81.7 Å². The molecule has 0 radical (unpaired) electrons. The lowest BCUT2D eigenvalue weighted by atomic mass is 10.1. The summed E-state index contributed by atoms with van der Waals surface area (Å²) < 4.78 is 37.6. The minimum Gasteiger partial charge on any atom is -0.482 e. The maximum Gasteiger partial charge on any atom is 0.344 e. The van der Waals surface area contributed by atoms with Crippen LogP contribution in [0.4, 0.5) is 5.69 Å². The number of para-hydroxylation sites is 1. The quantitative estimate of drug-likeness (QED) is 0.729. The summed E-state index contributed by atoms with van der Waals surface area (Å²) in [7, 11) is -3.70. The molecule has 0 aliphatic carbocycles. The molecular weight excluding hydrogens is 342 g/mol. The van der Waals surface area contributed by atoms with E-state index in [1.807, 2.05) is 19.1 Å². The number of esters is 1. The second-order valence-corrected chi connectivity index (χ2v) is 6.86. The SMILES string of the molecule is CCOC(=O)COc1ccc(S(=O)(=O)Nc2ccccc2CC)cc1. The van der Waals surface area contributed by atoms with E-state index < -0.39 is 16.0 Å². The fourth-order valence-electron chi connectivity index (χ4n) is 2.19. The first kappa shape index (κ1) is 18.8. The van der Waals surface area contributed by atoms with E-state index in [1.165, 1.54) is 24.3 Å². The van der Waals surface area contributed by atoms with Gasteiger partial charge in [-0.2, -0.15) is 0 Å². The van der Waals surface area contributed by atoms with Crippen molar-refractivity contribution in [1.29, 1.82) is 0 Å². The highest BCUT2D eigenvalue weighted by Crippen LogP contribution is 2.22. The number of rotatable bonds is 8. The first-order chi connectivity index (χ1) is 12.0. The number of nitrogens with one attached hydrogen (secondary N) is 1. The zero-order valence-corrected chi connectivity index (χ0v) is 15.0. The zero-order chi connectivity index (χ0) is 18.3. The number of carbonyl (C=O) groups is 1. The molecule has 1 N–H and O–H groups in total. The molecule has 2 aromatic carbocycles. The first-order valence-corrected chi connectivity index (χ1v) is 9.43. The van der Waals surface area contributed by atoms with E-state index in [-0.39, 0.29) is 18.1 Å². The van der Waals surface area contributed by atoms with Crippen molar-refractivity contribution < 1.29 is 22.7 Å². The van der Waals surface area contributed by atoms with Crippen LogP contribution in [0, 0.1) is 0 Å². The molecule has 2 rings (SSSR count). The minimum absolute atomic E-state index is 0.113. The Balaban J connectivity index is 2.08. The number of hydrogen-bond donors (Lipinski definition) is 1. The van der Waals surface area contributed by atoms with Crippen LogP contribution >= 0.6 is 0 Å². The Bertz CT molecular complexity index is 816. The predicted molar refractivity (Wildman–Crippen MR) is 95.2 cm³/mol. The summed E-state index contributed by atoms with van der Waals surface area (Å²) in [5.41, 5.74) is 1.48. The summed E-state index contributed by atoms with van der Waals surface area (Å²) in [5.74, 6) is -0.0852. The van der Waals surface area contributed by atoms with E-state index in [9.17, 15) is 13.2 Å². The molecule has 0 amide bonds. The Kier molecular flexibility index (Phi) is 6.41. The van der Waals surface area contributed by atoms with Gasteiger partial charge < -0.3 is 9.47 Å². The van der Waals surface area contributed by atoms with Crippen LogP contribution in [0.25, 0.3) is 0 Å². The zero-order valence-electron chi connectivity index (χ0n) is 14.2. The normalized spacial score (nSPS) is 11.0. The van der Waals surface area contributed by atoms with Gasteiger partial charge in [0.25, 0.3) is 10.0 Å². The Hall–Kier alpha value is -2.54. The van der Waals surface area contributed by atoms with Gasteiger partial charge in [-0.3, -0.25) is 4.72 Å². The smallest absolute Gasteiger partial charge is 0.344 e. The summed E-state index contributed by atoms with van der Waals surface area (Å²) in [6.45, 7) is 3.73. The number of benzene rings is 2. The number of sulfonamides is 1. The molecule has 0 unspecified atom stereocenters. The van der Waals surface area contributed by atoms with Gasteiger partial charge in [-0.25, -0.2) is 13.2 Å². The Labute approximate surface area is 147 Å². The van der Waals surface area contributed by atoms with E-state index in [0.29, 0.717) is 11.4 Å². The van der Waals surface area contributed by atoms with Crippen molar-refractivity contribution in [3.05, 3.63) is 54.1 Å². The lowest BCUT2D eigenvalue weighted by Crippen LogP contribution is -2.15. The number of ether oxygens (including phenoxy) is 2. The van der Waals surface area contributed by atoms with Gasteiger partial charge in [-0.15, -0.1) is 0 Å². The predicted octanol–water partition coefficient (Wildman–Crippen LogP) is 2.99. The van der Waals surface area contributed by atoms with E-state index in [0.717, 1.165) is 12.0 Å². The van der Waals surface area contributed by atoms with Crippen LogP contribution in [0.1, 0.15) is 19.4 Å². The molecule has 6 nitrogen and oxygen atoms in total. The van der Waals surface area contributed by atoms with Crippen LogP contribution < -0.4 is 9.46 Å². The average molecular weight is 363 g/mol. The van der Waals surface area contributed by atoms with Crippen LogP contribution in [0.2, 0.25) is 0 Å². The molecule has 0 atom stereocenters. The Morgan fingerprint density at radius 2 is 1.72 bits per heavy atom. The largest absolute Gasteiger partial charge is 0.482 e. The number of carbonyl (C=O) groups excluding carboxylic acids is 1. The van der Waals surface area contributed by atoms with Crippen molar-refractivity contribution in [2.24, 2.45) is 0 Å². The lowest BCUT2D eigenvalue weighted by Gasteiger charge is -2.12. The molecule has 2 aromatic rings. The molecule has 0 fully saturated rings. The molecule has 0 heterocycles. The lowest BCUT2D eigenvalue weighted by molar-refractivity contribution is -0.145. The van der Waals surface area contributed by atoms with Crippen LogP contribution in [0.5, 0.6) is 5.75 Å².